The van der Waals surface area contributed by atoms with Crippen molar-refractivity contribution in [2.75, 3.05) is 0 Å². The van der Waals surface area contributed by atoms with Crippen LogP contribution in [-0.2, 0) is 0 Å². The Balaban J connectivity index is 3.29. The lowest BCUT2D eigenvalue weighted by Gasteiger charge is -2.14. The van der Waals surface area contributed by atoms with Crippen molar-refractivity contribution >= 4 is 0 Å². The molecule has 0 heterocycles. The number of allylic oxidation sites excluding steroid dienone is 2. The summed E-state index contributed by atoms with van der Waals surface area (Å²) >= 11 is 0. The Hall–Kier alpha value is -0.260. The topological polar surface area (TPSA) is 0 Å². The first-order chi connectivity index (χ1) is 13.8. The zero-order valence-corrected chi connectivity index (χ0v) is 19.7. The standard InChI is InChI=1S/C28H54/c1-4-7-9-11-13-15-17-19-21-23-25-27-28(6-3)26-24-22-20-18-16-14-12-10-8-5-2/h5,8,28H,1-2,4,6-7,9-27H2,3H3/b8-5+. The normalized spacial score (nSPS) is 12.8. The second-order valence-electron chi connectivity index (χ2n) is 8.98. The largest absolute Gasteiger partial charge is 0.0885 e. The highest BCUT2D eigenvalue weighted by Crippen LogP contribution is 2.22. The fourth-order valence-corrected chi connectivity index (χ4v) is 4.27. The lowest BCUT2D eigenvalue weighted by atomic mass is 9.92. The molecule has 0 saturated heterocycles. The summed E-state index contributed by atoms with van der Waals surface area (Å²) in [5, 5.41) is 0. The molecule has 0 N–H and O–H groups in total. The zero-order valence-electron chi connectivity index (χ0n) is 19.7. The minimum Gasteiger partial charge on any atom is -0.0885 e. The van der Waals surface area contributed by atoms with Crippen LogP contribution in [0.1, 0.15) is 148 Å². The van der Waals surface area contributed by atoms with Crippen LogP contribution in [0.15, 0.2) is 12.2 Å². The summed E-state index contributed by atoms with van der Waals surface area (Å²) in [5.74, 6) is 1.00. The van der Waals surface area contributed by atoms with E-state index in [1.54, 1.807) is 0 Å². The monoisotopic (exact) mass is 390 g/mol. The lowest BCUT2D eigenvalue weighted by molar-refractivity contribution is 0.392. The zero-order chi connectivity index (χ0) is 20.5. The first-order valence-corrected chi connectivity index (χ1v) is 13.1. The number of rotatable bonds is 23. The minimum atomic E-state index is 1.00. The van der Waals surface area contributed by atoms with E-state index < -0.39 is 0 Å². The van der Waals surface area contributed by atoms with Gasteiger partial charge in [0.2, 0.25) is 0 Å². The summed E-state index contributed by atoms with van der Waals surface area (Å²) in [6.07, 6.45) is 35.3. The molecule has 0 aromatic heterocycles. The highest BCUT2D eigenvalue weighted by molar-refractivity contribution is 4.83. The van der Waals surface area contributed by atoms with Gasteiger partial charge in [0, 0.05) is 0 Å². The van der Waals surface area contributed by atoms with E-state index in [0.717, 1.165) is 12.3 Å². The summed E-state index contributed by atoms with van der Waals surface area (Å²) < 4.78 is 0. The Labute approximate surface area is 180 Å². The fraction of sp³-hybridized carbons (Fsp3) is 0.857. The first kappa shape index (κ1) is 27.7. The molecule has 166 valence electrons. The van der Waals surface area contributed by atoms with E-state index in [9.17, 15) is 0 Å². The smallest absolute Gasteiger partial charge is 0.0316 e. The van der Waals surface area contributed by atoms with Crippen LogP contribution in [0, 0.1) is 19.8 Å². The van der Waals surface area contributed by atoms with Crippen molar-refractivity contribution in [3.05, 3.63) is 26.0 Å². The molecular weight excluding hydrogens is 336 g/mol. The van der Waals surface area contributed by atoms with Gasteiger partial charge in [-0.3, -0.25) is 0 Å². The molecule has 0 fully saturated rings. The van der Waals surface area contributed by atoms with E-state index >= 15 is 0 Å². The molecule has 2 radical (unpaired) electrons. The van der Waals surface area contributed by atoms with Crippen LogP contribution in [-0.4, -0.2) is 0 Å². The predicted molar refractivity (Wildman–Crippen MR) is 131 cm³/mol. The van der Waals surface area contributed by atoms with Crippen LogP contribution in [0.2, 0.25) is 0 Å². The molecule has 0 rings (SSSR count). The second-order valence-corrected chi connectivity index (χ2v) is 8.98. The molecule has 0 aromatic carbocycles. The quantitative estimate of drug-likeness (QED) is 0.152. The van der Waals surface area contributed by atoms with Gasteiger partial charge in [0.25, 0.3) is 0 Å². The Morgan fingerprint density at radius 2 is 0.964 bits per heavy atom. The van der Waals surface area contributed by atoms with Gasteiger partial charge >= 0.3 is 0 Å². The molecular formula is C28H54. The van der Waals surface area contributed by atoms with E-state index in [4.69, 9.17) is 0 Å². The summed E-state index contributed by atoms with van der Waals surface area (Å²) in [6, 6.07) is 0. The molecule has 0 bridgehead atoms. The van der Waals surface area contributed by atoms with Crippen LogP contribution in [0.4, 0.5) is 0 Å². The maximum Gasteiger partial charge on any atom is -0.0316 e. The Morgan fingerprint density at radius 1 is 0.571 bits per heavy atom. The van der Waals surface area contributed by atoms with Gasteiger partial charge in [-0.15, -0.1) is 0 Å². The molecule has 0 aliphatic rings. The fourth-order valence-electron chi connectivity index (χ4n) is 4.27. The maximum absolute atomic E-state index is 3.92. The Morgan fingerprint density at radius 3 is 1.36 bits per heavy atom. The molecule has 0 aliphatic heterocycles. The van der Waals surface area contributed by atoms with Crippen molar-refractivity contribution in [3.8, 4) is 0 Å². The molecule has 0 saturated carbocycles. The maximum atomic E-state index is 3.92. The summed E-state index contributed by atoms with van der Waals surface area (Å²) in [5.41, 5.74) is 0. The van der Waals surface area contributed by atoms with Gasteiger partial charge in [-0.25, -0.2) is 0 Å². The molecule has 1 atom stereocenters. The minimum absolute atomic E-state index is 1.00. The van der Waals surface area contributed by atoms with Crippen LogP contribution < -0.4 is 0 Å². The average Bonchev–Trinajstić information content (AvgIpc) is 2.71. The van der Waals surface area contributed by atoms with Gasteiger partial charge in [0.05, 0.1) is 0 Å². The Bertz CT molecular complexity index is 290. The summed E-state index contributed by atoms with van der Waals surface area (Å²) in [7, 11) is 0. The molecule has 28 heavy (non-hydrogen) atoms. The van der Waals surface area contributed by atoms with Crippen LogP contribution >= 0.6 is 0 Å². The molecule has 0 spiro atoms. The van der Waals surface area contributed by atoms with E-state index in [2.05, 4.69) is 26.8 Å². The highest BCUT2D eigenvalue weighted by atomic mass is 14.1. The van der Waals surface area contributed by atoms with Crippen molar-refractivity contribution in [3.63, 3.8) is 0 Å². The van der Waals surface area contributed by atoms with E-state index in [1.807, 2.05) is 6.08 Å². The van der Waals surface area contributed by atoms with Crippen molar-refractivity contribution in [2.45, 2.75) is 148 Å². The van der Waals surface area contributed by atoms with Gasteiger partial charge in [-0.2, -0.15) is 0 Å². The van der Waals surface area contributed by atoms with Gasteiger partial charge in [0.1, 0.15) is 0 Å². The van der Waals surface area contributed by atoms with Gasteiger partial charge in [-0.1, -0.05) is 154 Å². The third-order valence-electron chi connectivity index (χ3n) is 6.34. The highest BCUT2D eigenvalue weighted by Gasteiger charge is 2.06. The van der Waals surface area contributed by atoms with Crippen molar-refractivity contribution in [2.24, 2.45) is 5.92 Å². The first-order valence-electron chi connectivity index (χ1n) is 13.1. The third kappa shape index (κ3) is 22.0. The van der Waals surface area contributed by atoms with Crippen molar-refractivity contribution in [1.82, 2.24) is 0 Å². The Kier molecular flexibility index (Phi) is 24.5. The van der Waals surface area contributed by atoms with Crippen LogP contribution in [0.5, 0.6) is 0 Å². The SMILES string of the molecule is [CH2]/C=C/CCCCCCCCCC(CC)CCCCCCCCCCCC[CH2]. The molecule has 0 nitrogen and oxygen atoms in total. The molecule has 0 aromatic rings. The second kappa shape index (κ2) is 24.8. The molecule has 0 amide bonds. The van der Waals surface area contributed by atoms with E-state index in [-0.39, 0.29) is 0 Å². The van der Waals surface area contributed by atoms with Crippen LogP contribution in [0.25, 0.3) is 0 Å². The summed E-state index contributed by atoms with van der Waals surface area (Å²) in [4.78, 5) is 0. The average molecular weight is 391 g/mol. The summed E-state index contributed by atoms with van der Waals surface area (Å²) in [6.45, 7) is 10.1. The van der Waals surface area contributed by atoms with Crippen molar-refractivity contribution < 1.29 is 0 Å². The molecule has 1 unspecified atom stereocenters. The number of hydrogen-bond acceptors (Lipinski definition) is 0. The van der Waals surface area contributed by atoms with E-state index in [1.165, 1.54) is 135 Å². The van der Waals surface area contributed by atoms with Gasteiger partial charge < -0.3 is 0 Å². The van der Waals surface area contributed by atoms with Gasteiger partial charge in [0.15, 0.2) is 0 Å². The molecule has 0 aliphatic carbocycles. The van der Waals surface area contributed by atoms with Gasteiger partial charge in [-0.05, 0) is 25.7 Å². The number of unbranched alkanes of at least 4 members (excludes halogenated alkanes) is 17. The lowest BCUT2D eigenvalue weighted by Crippen LogP contribution is -1.99. The predicted octanol–water partition coefficient (Wildman–Crippen LogP) is 10.4. The van der Waals surface area contributed by atoms with E-state index in [0.29, 0.717) is 0 Å². The van der Waals surface area contributed by atoms with Crippen LogP contribution in [0.3, 0.4) is 0 Å². The molecule has 0 heteroatoms. The number of hydrogen-bond donors (Lipinski definition) is 0. The third-order valence-corrected chi connectivity index (χ3v) is 6.34. The van der Waals surface area contributed by atoms with Crippen molar-refractivity contribution in [1.29, 1.82) is 0 Å².